The first-order valence-electron chi connectivity index (χ1n) is 10.6. The molecule has 3 heterocycles. The molecule has 0 fully saturated rings. The summed E-state index contributed by atoms with van der Waals surface area (Å²) >= 11 is 1.55. The highest BCUT2D eigenvalue weighted by molar-refractivity contribution is 7.13. The van der Waals surface area contributed by atoms with Crippen LogP contribution in [0.3, 0.4) is 0 Å². The molecule has 1 aromatic carbocycles. The Hall–Kier alpha value is -3.46. The molecule has 32 heavy (non-hydrogen) atoms. The number of nitrogens with one attached hydrogen (secondary N) is 1. The van der Waals surface area contributed by atoms with Crippen molar-refractivity contribution in [3.05, 3.63) is 70.1 Å². The number of hydrogen-bond acceptors (Lipinski definition) is 6. The molecule has 9 heteroatoms. The maximum Gasteiger partial charge on any atom is 0.293 e. The molecule has 0 aliphatic heterocycles. The number of carbonyl (C=O) groups excluding carboxylic acids is 1. The van der Waals surface area contributed by atoms with E-state index in [0.717, 1.165) is 30.1 Å². The van der Waals surface area contributed by atoms with Gasteiger partial charge in [-0.15, -0.1) is 11.3 Å². The molecule has 0 aliphatic carbocycles. The summed E-state index contributed by atoms with van der Waals surface area (Å²) in [7, 11) is 0. The van der Waals surface area contributed by atoms with Crippen LogP contribution in [0.2, 0.25) is 0 Å². The van der Waals surface area contributed by atoms with E-state index >= 15 is 0 Å². The molecule has 0 saturated heterocycles. The quantitative estimate of drug-likeness (QED) is 0.396. The number of amides is 1. The molecule has 8 nitrogen and oxygen atoms in total. The van der Waals surface area contributed by atoms with Crippen molar-refractivity contribution >= 4 is 28.4 Å². The molecule has 0 saturated carbocycles. The second kappa shape index (κ2) is 9.78. The normalized spacial score (nSPS) is 11.1. The number of anilines is 1. The highest BCUT2D eigenvalue weighted by Gasteiger charge is 2.13. The molecule has 0 atom stereocenters. The van der Waals surface area contributed by atoms with Crippen LogP contribution < -0.4 is 15.8 Å². The van der Waals surface area contributed by atoms with Crippen LogP contribution in [-0.2, 0) is 11.3 Å². The van der Waals surface area contributed by atoms with Gasteiger partial charge in [0.2, 0.25) is 5.91 Å². The Bertz CT molecular complexity index is 1260. The van der Waals surface area contributed by atoms with Crippen LogP contribution in [-0.4, -0.2) is 44.9 Å². The number of hydrogen-bond donors (Lipinski definition) is 1. The second-order valence-corrected chi connectivity index (χ2v) is 8.50. The van der Waals surface area contributed by atoms with Gasteiger partial charge in [0.1, 0.15) is 24.1 Å². The summed E-state index contributed by atoms with van der Waals surface area (Å²) < 4.78 is 2.63. The van der Waals surface area contributed by atoms with Gasteiger partial charge >= 0.3 is 0 Å². The van der Waals surface area contributed by atoms with Crippen molar-refractivity contribution in [1.29, 1.82) is 0 Å². The molecule has 4 rings (SSSR count). The zero-order valence-corrected chi connectivity index (χ0v) is 19.0. The summed E-state index contributed by atoms with van der Waals surface area (Å²) in [5, 5.41) is 13.3. The van der Waals surface area contributed by atoms with Crippen LogP contribution in [0.4, 0.5) is 5.69 Å². The molecule has 166 valence electrons. The number of thiophene rings is 1. The number of rotatable bonds is 9. The number of aryl methyl sites for hydroxylation is 1. The largest absolute Gasteiger partial charge is 0.372 e. The topological polar surface area (TPSA) is 84.5 Å². The fourth-order valence-corrected chi connectivity index (χ4v) is 4.26. The van der Waals surface area contributed by atoms with E-state index in [1.165, 1.54) is 26.8 Å². The van der Waals surface area contributed by atoms with Crippen LogP contribution in [0.5, 0.6) is 0 Å². The molecule has 3 aromatic heterocycles. The SMILES string of the molecule is CCN(CCCNC(=O)Cn1ncn2nc(-c3cccs3)cc2c1=O)c1cccc(C)c1. The fourth-order valence-electron chi connectivity index (χ4n) is 3.58. The molecule has 4 aromatic rings. The van der Waals surface area contributed by atoms with E-state index in [1.807, 2.05) is 17.5 Å². The maximum absolute atomic E-state index is 12.7. The highest BCUT2D eigenvalue weighted by Crippen LogP contribution is 2.23. The van der Waals surface area contributed by atoms with Crippen molar-refractivity contribution in [3.63, 3.8) is 0 Å². The van der Waals surface area contributed by atoms with Crippen LogP contribution in [0.25, 0.3) is 16.1 Å². The van der Waals surface area contributed by atoms with Crippen molar-refractivity contribution in [1.82, 2.24) is 24.7 Å². The summed E-state index contributed by atoms with van der Waals surface area (Å²) in [6.07, 6.45) is 2.27. The lowest BCUT2D eigenvalue weighted by molar-refractivity contribution is -0.121. The summed E-state index contributed by atoms with van der Waals surface area (Å²) in [6, 6.07) is 14.0. The third kappa shape index (κ3) is 4.88. The Labute approximate surface area is 190 Å². The molecule has 1 amide bonds. The monoisotopic (exact) mass is 450 g/mol. The molecule has 1 N–H and O–H groups in total. The van der Waals surface area contributed by atoms with Crippen LogP contribution in [0.15, 0.2) is 59.0 Å². The van der Waals surface area contributed by atoms with Crippen molar-refractivity contribution < 1.29 is 4.79 Å². The van der Waals surface area contributed by atoms with Crippen LogP contribution in [0.1, 0.15) is 18.9 Å². The first kappa shape index (κ1) is 21.8. The molecule has 0 radical (unpaired) electrons. The average Bonchev–Trinajstić information content (AvgIpc) is 3.46. The number of benzene rings is 1. The third-order valence-corrected chi connectivity index (χ3v) is 6.12. The Morgan fingerprint density at radius 3 is 2.84 bits per heavy atom. The highest BCUT2D eigenvalue weighted by atomic mass is 32.1. The van der Waals surface area contributed by atoms with E-state index in [0.29, 0.717) is 12.1 Å². The van der Waals surface area contributed by atoms with E-state index in [2.05, 4.69) is 58.5 Å². The molecule has 0 aliphatic rings. The van der Waals surface area contributed by atoms with Crippen molar-refractivity contribution in [2.45, 2.75) is 26.8 Å². The Morgan fingerprint density at radius 1 is 1.22 bits per heavy atom. The summed E-state index contributed by atoms with van der Waals surface area (Å²) in [6.45, 7) is 6.35. The molecular weight excluding hydrogens is 424 g/mol. The van der Waals surface area contributed by atoms with Gasteiger partial charge < -0.3 is 10.2 Å². The van der Waals surface area contributed by atoms with Gasteiger partial charge in [0, 0.05) is 25.3 Å². The number of nitrogens with zero attached hydrogens (tertiary/aromatic N) is 5. The Kier molecular flexibility index (Phi) is 6.65. The number of fused-ring (bicyclic) bond motifs is 1. The molecular formula is C23H26N6O2S. The van der Waals surface area contributed by atoms with E-state index < -0.39 is 0 Å². The second-order valence-electron chi connectivity index (χ2n) is 7.55. The van der Waals surface area contributed by atoms with Crippen LogP contribution >= 0.6 is 11.3 Å². The minimum atomic E-state index is -0.338. The summed E-state index contributed by atoms with van der Waals surface area (Å²) in [5.41, 5.74) is 3.19. The van der Waals surface area contributed by atoms with Crippen molar-refractivity contribution in [2.24, 2.45) is 0 Å². The van der Waals surface area contributed by atoms with E-state index in [-0.39, 0.29) is 18.0 Å². The zero-order chi connectivity index (χ0) is 22.5. The van der Waals surface area contributed by atoms with Crippen molar-refractivity contribution in [2.75, 3.05) is 24.5 Å². The number of aromatic nitrogens is 4. The van der Waals surface area contributed by atoms with Gasteiger partial charge in [0.05, 0.1) is 4.88 Å². The van der Waals surface area contributed by atoms with E-state index in [4.69, 9.17) is 0 Å². The lowest BCUT2D eigenvalue weighted by atomic mass is 10.2. The van der Waals surface area contributed by atoms with Gasteiger partial charge in [0.25, 0.3) is 5.56 Å². The minimum Gasteiger partial charge on any atom is -0.372 e. The van der Waals surface area contributed by atoms with Gasteiger partial charge in [-0.1, -0.05) is 18.2 Å². The lowest BCUT2D eigenvalue weighted by Crippen LogP contribution is -2.35. The molecule has 0 bridgehead atoms. The first-order valence-corrected chi connectivity index (χ1v) is 11.5. The maximum atomic E-state index is 12.7. The van der Waals surface area contributed by atoms with E-state index in [9.17, 15) is 9.59 Å². The predicted molar refractivity (Wildman–Crippen MR) is 127 cm³/mol. The van der Waals surface area contributed by atoms with Gasteiger partial charge in [0.15, 0.2) is 0 Å². The minimum absolute atomic E-state index is 0.121. The number of carbonyl (C=O) groups is 1. The smallest absolute Gasteiger partial charge is 0.293 e. The van der Waals surface area contributed by atoms with Gasteiger partial charge in [-0.25, -0.2) is 9.20 Å². The fraction of sp³-hybridized carbons (Fsp3) is 0.304. The Morgan fingerprint density at radius 2 is 2.09 bits per heavy atom. The zero-order valence-electron chi connectivity index (χ0n) is 18.2. The standard InChI is InChI=1S/C23H26N6O2S/c1-3-27(18-8-4-7-17(2)13-18)11-6-10-24-22(30)15-28-23(31)20-14-19(21-9-5-12-32-21)26-29(20)16-25-28/h4-5,7-9,12-14,16H,3,6,10-11,15H2,1-2H3,(H,24,30). The van der Waals surface area contributed by atoms with Gasteiger partial charge in [-0.2, -0.15) is 10.2 Å². The summed E-state index contributed by atoms with van der Waals surface area (Å²) in [5.74, 6) is -0.236. The predicted octanol–water partition coefficient (Wildman–Crippen LogP) is 2.96. The van der Waals surface area contributed by atoms with Crippen molar-refractivity contribution in [3.8, 4) is 10.6 Å². The third-order valence-electron chi connectivity index (χ3n) is 5.23. The van der Waals surface area contributed by atoms with Gasteiger partial charge in [-0.05, 0) is 55.5 Å². The average molecular weight is 451 g/mol. The first-order chi connectivity index (χ1) is 15.5. The molecule has 0 unspecified atom stereocenters. The van der Waals surface area contributed by atoms with E-state index in [1.54, 1.807) is 17.4 Å². The lowest BCUT2D eigenvalue weighted by Gasteiger charge is -2.23. The van der Waals surface area contributed by atoms with Crippen LogP contribution in [0, 0.1) is 6.92 Å². The Balaban J connectivity index is 1.33. The molecule has 0 spiro atoms. The summed E-state index contributed by atoms with van der Waals surface area (Å²) in [4.78, 5) is 28.4. The van der Waals surface area contributed by atoms with Gasteiger partial charge in [-0.3, -0.25) is 9.59 Å².